The predicted molar refractivity (Wildman–Crippen MR) is 98.5 cm³/mol. The number of nitrogens with zero attached hydrogens (tertiary/aromatic N) is 1. The lowest BCUT2D eigenvalue weighted by Crippen LogP contribution is -2.55. The SMILES string of the molecule is O=C(OCC1c2ccccc2-c2ccccc21)N1CCCC1(CO)C(=O)O. The number of amides is 1. The molecular weight excluding hydrogens is 346 g/mol. The molecule has 1 aliphatic heterocycles. The molecule has 6 nitrogen and oxygen atoms in total. The summed E-state index contributed by atoms with van der Waals surface area (Å²) in [6, 6.07) is 16.0. The van der Waals surface area contributed by atoms with Crippen molar-refractivity contribution in [3.8, 4) is 11.1 Å². The monoisotopic (exact) mass is 367 g/mol. The first-order valence-electron chi connectivity index (χ1n) is 9.05. The first kappa shape index (κ1) is 17.5. The second-order valence-corrected chi connectivity index (χ2v) is 7.05. The number of ether oxygens (including phenoxy) is 1. The Labute approximate surface area is 157 Å². The van der Waals surface area contributed by atoms with Gasteiger partial charge in [-0.15, -0.1) is 0 Å². The summed E-state index contributed by atoms with van der Waals surface area (Å²) in [4.78, 5) is 25.4. The van der Waals surface area contributed by atoms with Gasteiger partial charge in [0.15, 0.2) is 5.54 Å². The molecule has 2 aromatic carbocycles. The van der Waals surface area contributed by atoms with Crippen LogP contribution in [0.5, 0.6) is 0 Å². The Bertz CT molecular complexity index is 850. The van der Waals surface area contributed by atoms with E-state index >= 15 is 0 Å². The number of aliphatic hydroxyl groups excluding tert-OH is 1. The summed E-state index contributed by atoms with van der Waals surface area (Å²) in [6.45, 7) is -0.222. The lowest BCUT2D eigenvalue weighted by molar-refractivity contribution is -0.151. The van der Waals surface area contributed by atoms with Gasteiger partial charge < -0.3 is 14.9 Å². The maximum atomic E-state index is 12.6. The molecule has 1 amide bonds. The van der Waals surface area contributed by atoms with Gasteiger partial charge in [0.2, 0.25) is 0 Å². The molecule has 2 aromatic rings. The van der Waals surface area contributed by atoms with Crippen molar-refractivity contribution >= 4 is 12.1 Å². The van der Waals surface area contributed by atoms with E-state index in [1.165, 1.54) is 0 Å². The minimum absolute atomic E-state index is 0.0858. The maximum absolute atomic E-state index is 12.6. The van der Waals surface area contributed by atoms with Crippen LogP contribution in [0.4, 0.5) is 4.79 Å². The summed E-state index contributed by atoms with van der Waals surface area (Å²) < 4.78 is 5.54. The van der Waals surface area contributed by atoms with Crippen LogP contribution < -0.4 is 0 Å². The third kappa shape index (κ3) is 2.68. The first-order valence-corrected chi connectivity index (χ1v) is 9.05. The molecule has 27 heavy (non-hydrogen) atoms. The Morgan fingerprint density at radius 1 is 1.07 bits per heavy atom. The largest absolute Gasteiger partial charge is 0.479 e. The Hall–Kier alpha value is -2.86. The second kappa shape index (κ2) is 6.70. The molecule has 4 rings (SSSR count). The van der Waals surface area contributed by atoms with E-state index in [-0.39, 0.29) is 25.5 Å². The molecule has 0 radical (unpaired) electrons. The zero-order valence-electron chi connectivity index (χ0n) is 14.8. The molecule has 140 valence electrons. The highest BCUT2D eigenvalue weighted by Gasteiger charge is 2.50. The van der Waals surface area contributed by atoms with Crippen LogP contribution in [0.3, 0.4) is 0 Å². The molecule has 1 heterocycles. The van der Waals surface area contributed by atoms with Gasteiger partial charge in [0, 0.05) is 12.5 Å². The number of carboxylic acid groups (broad SMARTS) is 1. The number of hydrogen-bond donors (Lipinski definition) is 2. The highest BCUT2D eigenvalue weighted by atomic mass is 16.6. The average Bonchev–Trinajstić information content (AvgIpc) is 3.27. The van der Waals surface area contributed by atoms with Crippen molar-refractivity contribution in [2.45, 2.75) is 24.3 Å². The van der Waals surface area contributed by atoms with Gasteiger partial charge in [0.05, 0.1) is 6.61 Å². The van der Waals surface area contributed by atoms with Gasteiger partial charge in [0.1, 0.15) is 6.61 Å². The van der Waals surface area contributed by atoms with Gasteiger partial charge in [-0.2, -0.15) is 0 Å². The Balaban J connectivity index is 1.56. The number of carbonyl (C=O) groups is 2. The Morgan fingerprint density at radius 2 is 1.67 bits per heavy atom. The number of carboxylic acids is 1. The summed E-state index contributed by atoms with van der Waals surface area (Å²) in [7, 11) is 0. The van der Waals surface area contributed by atoms with Crippen LogP contribution in [0.1, 0.15) is 29.9 Å². The number of fused-ring (bicyclic) bond motifs is 3. The van der Waals surface area contributed by atoms with Crippen LogP contribution in [-0.4, -0.2) is 52.5 Å². The Morgan fingerprint density at radius 3 is 2.22 bits per heavy atom. The van der Waals surface area contributed by atoms with Crippen molar-refractivity contribution in [1.29, 1.82) is 0 Å². The van der Waals surface area contributed by atoms with E-state index in [0.29, 0.717) is 6.42 Å². The topological polar surface area (TPSA) is 87.1 Å². The third-order valence-corrected chi connectivity index (χ3v) is 5.70. The van der Waals surface area contributed by atoms with Crippen molar-refractivity contribution in [2.75, 3.05) is 19.8 Å². The molecule has 2 N–H and O–H groups in total. The molecule has 0 spiro atoms. The van der Waals surface area contributed by atoms with Gasteiger partial charge in [-0.1, -0.05) is 48.5 Å². The first-order chi connectivity index (χ1) is 13.1. The third-order valence-electron chi connectivity index (χ3n) is 5.70. The number of hydrogen-bond acceptors (Lipinski definition) is 4. The maximum Gasteiger partial charge on any atom is 0.410 e. The minimum atomic E-state index is -1.58. The molecule has 1 fully saturated rings. The molecule has 1 saturated heterocycles. The van der Waals surface area contributed by atoms with E-state index < -0.39 is 24.2 Å². The highest BCUT2D eigenvalue weighted by molar-refractivity contribution is 5.85. The number of rotatable bonds is 4. The fourth-order valence-corrected chi connectivity index (χ4v) is 4.27. The van der Waals surface area contributed by atoms with E-state index in [4.69, 9.17) is 4.74 Å². The van der Waals surface area contributed by atoms with Crippen LogP contribution in [0.15, 0.2) is 48.5 Å². The average molecular weight is 367 g/mol. The van der Waals surface area contributed by atoms with Crippen molar-refractivity contribution in [1.82, 2.24) is 4.90 Å². The van der Waals surface area contributed by atoms with Gasteiger partial charge in [-0.3, -0.25) is 4.90 Å². The van der Waals surface area contributed by atoms with Crippen LogP contribution in [0.25, 0.3) is 11.1 Å². The summed E-state index contributed by atoms with van der Waals surface area (Å²) in [5.41, 5.74) is 2.87. The molecule has 1 atom stereocenters. The van der Waals surface area contributed by atoms with E-state index in [1.807, 2.05) is 36.4 Å². The quantitative estimate of drug-likeness (QED) is 0.868. The zero-order valence-corrected chi connectivity index (χ0v) is 14.8. The summed E-state index contributed by atoms with van der Waals surface area (Å²) in [6.07, 6.45) is 0.0610. The van der Waals surface area contributed by atoms with Gasteiger partial charge in [0.25, 0.3) is 0 Å². The van der Waals surface area contributed by atoms with Crippen molar-refractivity contribution in [2.24, 2.45) is 0 Å². The lowest BCUT2D eigenvalue weighted by Gasteiger charge is -2.32. The second-order valence-electron chi connectivity index (χ2n) is 7.05. The number of carbonyl (C=O) groups excluding carboxylic acids is 1. The van der Waals surface area contributed by atoms with Gasteiger partial charge >= 0.3 is 12.1 Å². The van der Waals surface area contributed by atoms with Crippen LogP contribution in [0.2, 0.25) is 0 Å². The van der Waals surface area contributed by atoms with Crippen molar-refractivity contribution in [3.05, 3.63) is 59.7 Å². The normalized spacial score (nSPS) is 21.0. The predicted octanol–water partition coefficient (Wildman–Crippen LogP) is 2.85. The minimum Gasteiger partial charge on any atom is -0.479 e. The zero-order chi connectivity index (χ0) is 19.0. The smallest absolute Gasteiger partial charge is 0.410 e. The highest BCUT2D eigenvalue weighted by Crippen LogP contribution is 2.44. The van der Waals surface area contributed by atoms with E-state index in [0.717, 1.165) is 27.2 Å². The summed E-state index contributed by atoms with van der Waals surface area (Å²) in [5.74, 6) is -1.28. The lowest BCUT2D eigenvalue weighted by atomic mass is 9.97. The number of aliphatic carboxylic acids is 1. The summed E-state index contributed by atoms with van der Waals surface area (Å²) in [5, 5.41) is 19.1. The number of aliphatic hydroxyl groups is 1. The molecule has 0 aromatic heterocycles. The molecule has 1 unspecified atom stereocenters. The van der Waals surface area contributed by atoms with Crippen LogP contribution >= 0.6 is 0 Å². The summed E-state index contributed by atoms with van der Waals surface area (Å²) >= 11 is 0. The molecule has 6 heteroatoms. The molecule has 1 aliphatic carbocycles. The van der Waals surface area contributed by atoms with Gasteiger partial charge in [-0.25, -0.2) is 9.59 Å². The van der Waals surface area contributed by atoms with E-state index in [9.17, 15) is 19.8 Å². The fraction of sp³-hybridized carbons (Fsp3) is 0.333. The van der Waals surface area contributed by atoms with E-state index in [2.05, 4.69) is 12.1 Å². The molecule has 0 bridgehead atoms. The molecular formula is C21H21NO5. The Kier molecular flexibility index (Phi) is 4.36. The van der Waals surface area contributed by atoms with E-state index in [1.54, 1.807) is 0 Å². The number of likely N-dealkylation sites (tertiary alicyclic amines) is 1. The fourth-order valence-electron chi connectivity index (χ4n) is 4.27. The molecule has 2 aliphatic rings. The standard InChI is InChI=1S/C21H21NO5/c23-13-21(19(24)25)10-5-11-22(21)20(26)27-12-18-16-8-3-1-6-14(16)15-7-2-4-9-17(15)18/h1-4,6-9,18,23H,5,10-13H2,(H,24,25). The van der Waals surface area contributed by atoms with Crippen LogP contribution in [-0.2, 0) is 9.53 Å². The van der Waals surface area contributed by atoms with Gasteiger partial charge in [-0.05, 0) is 35.1 Å². The van der Waals surface area contributed by atoms with Crippen molar-refractivity contribution < 1.29 is 24.5 Å². The van der Waals surface area contributed by atoms with Crippen molar-refractivity contribution in [3.63, 3.8) is 0 Å². The molecule has 0 saturated carbocycles. The van der Waals surface area contributed by atoms with Crippen LogP contribution in [0, 0.1) is 0 Å². The number of benzene rings is 2.